The van der Waals surface area contributed by atoms with E-state index in [9.17, 15) is 24.5 Å². The second-order valence-corrected chi connectivity index (χ2v) is 8.83. The number of hydrogen-bond acceptors (Lipinski definition) is 7. The Kier molecular flexibility index (Phi) is 8.26. The molecule has 3 aromatic carbocycles. The van der Waals surface area contributed by atoms with Gasteiger partial charge in [0.2, 0.25) is 0 Å². The third-order valence-corrected chi connectivity index (χ3v) is 6.14. The lowest BCUT2D eigenvalue weighted by molar-refractivity contribution is -0.384. The minimum Gasteiger partial charge on any atom is -0.490 e. The molecule has 1 aliphatic rings. The largest absolute Gasteiger partial charge is 0.490 e. The number of barbiturate groups is 1. The van der Waals surface area contributed by atoms with Gasteiger partial charge in [0.1, 0.15) is 12.2 Å². The van der Waals surface area contributed by atoms with Crippen LogP contribution in [-0.2, 0) is 22.6 Å². The number of nitrogens with one attached hydrogen (secondary N) is 1. The molecule has 1 saturated heterocycles. The van der Waals surface area contributed by atoms with Gasteiger partial charge in [0.05, 0.1) is 22.2 Å². The molecule has 0 spiro atoms. The van der Waals surface area contributed by atoms with Crippen LogP contribution in [0.15, 0.2) is 66.2 Å². The van der Waals surface area contributed by atoms with E-state index in [4.69, 9.17) is 21.1 Å². The molecule has 0 bridgehead atoms. The van der Waals surface area contributed by atoms with Gasteiger partial charge < -0.3 is 9.47 Å². The first-order valence-electron chi connectivity index (χ1n) is 12.0. The number of urea groups is 1. The Morgan fingerprint density at radius 2 is 1.79 bits per heavy atom. The first-order valence-corrected chi connectivity index (χ1v) is 12.4. The van der Waals surface area contributed by atoms with Crippen LogP contribution >= 0.6 is 11.6 Å². The molecule has 1 aliphatic heterocycles. The molecule has 1 fully saturated rings. The number of halogens is 1. The minimum atomic E-state index is -0.838. The fourth-order valence-corrected chi connectivity index (χ4v) is 4.33. The maximum atomic E-state index is 13.4. The number of nitro groups is 1. The Morgan fingerprint density at radius 1 is 1.03 bits per heavy atom. The van der Waals surface area contributed by atoms with Gasteiger partial charge in [-0.15, -0.1) is 0 Å². The van der Waals surface area contributed by atoms with Gasteiger partial charge in [-0.25, -0.2) is 9.69 Å². The van der Waals surface area contributed by atoms with Crippen LogP contribution in [0.4, 0.5) is 16.2 Å². The topological polar surface area (TPSA) is 128 Å². The van der Waals surface area contributed by atoms with Crippen molar-refractivity contribution in [1.82, 2.24) is 5.32 Å². The summed E-state index contributed by atoms with van der Waals surface area (Å²) in [6.45, 7) is 3.90. The van der Waals surface area contributed by atoms with Crippen LogP contribution < -0.4 is 19.7 Å². The molecule has 4 amide bonds. The molecule has 0 aromatic heterocycles. The normalized spacial score (nSPS) is 14.4. The second-order valence-electron chi connectivity index (χ2n) is 8.42. The number of carbonyl (C=O) groups excluding carboxylic acids is 3. The molecule has 4 rings (SSSR count). The Morgan fingerprint density at radius 3 is 2.51 bits per heavy atom. The number of carbonyl (C=O) groups is 3. The standard InChI is InChI=1S/C28H24ClN3O7/c1-3-19-9-5-6-11-23(19)31-27(34)21(26(33)30-28(31)35)13-18-14-22(29)25(24(15-18)38-4-2)39-16-17-8-7-10-20(12-17)32(36)37/h5-15H,3-4,16H2,1-2H3,(H,30,33,35)/b21-13-. The smallest absolute Gasteiger partial charge is 0.335 e. The van der Waals surface area contributed by atoms with E-state index in [1.807, 2.05) is 6.92 Å². The van der Waals surface area contributed by atoms with Gasteiger partial charge in [0, 0.05) is 12.1 Å². The number of non-ortho nitro benzene ring substituents is 1. The zero-order chi connectivity index (χ0) is 28.1. The molecule has 0 aliphatic carbocycles. The summed E-state index contributed by atoms with van der Waals surface area (Å²) >= 11 is 6.50. The molecule has 0 unspecified atom stereocenters. The van der Waals surface area contributed by atoms with Crippen LogP contribution in [0.25, 0.3) is 6.08 Å². The first kappa shape index (κ1) is 27.3. The fourth-order valence-electron chi connectivity index (χ4n) is 4.06. The average Bonchev–Trinajstić information content (AvgIpc) is 2.91. The van der Waals surface area contributed by atoms with Gasteiger partial charge in [0.25, 0.3) is 17.5 Å². The zero-order valence-corrected chi connectivity index (χ0v) is 21.9. The Balaban J connectivity index is 1.66. The van der Waals surface area contributed by atoms with Crippen LogP contribution in [0.3, 0.4) is 0 Å². The molecular weight excluding hydrogens is 526 g/mol. The van der Waals surface area contributed by atoms with Crippen LogP contribution in [0.5, 0.6) is 11.5 Å². The molecule has 1 heterocycles. The van der Waals surface area contributed by atoms with Gasteiger partial charge >= 0.3 is 6.03 Å². The number of aryl methyl sites for hydroxylation is 1. The molecule has 0 saturated carbocycles. The van der Waals surface area contributed by atoms with Crippen molar-refractivity contribution in [2.45, 2.75) is 26.9 Å². The highest BCUT2D eigenvalue weighted by Crippen LogP contribution is 2.38. The highest BCUT2D eigenvalue weighted by atomic mass is 35.5. The number of para-hydroxylation sites is 1. The third kappa shape index (κ3) is 5.91. The molecular formula is C28H24ClN3O7. The van der Waals surface area contributed by atoms with Gasteiger partial charge in [-0.1, -0.05) is 48.9 Å². The maximum Gasteiger partial charge on any atom is 0.335 e. The number of amides is 4. The predicted molar refractivity (Wildman–Crippen MR) is 145 cm³/mol. The van der Waals surface area contributed by atoms with Crippen molar-refractivity contribution in [1.29, 1.82) is 0 Å². The number of benzene rings is 3. The Hall–Kier alpha value is -4.70. The van der Waals surface area contributed by atoms with Crippen molar-refractivity contribution in [3.05, 3.63) is 98.1 Å². The van der Waals surface area contributed by atoms with E-state index in [1.165, 1.54) is 24.3 Å². The summed E-state index contributed by atoms with van der Waals surface area (Å²) in [5.74, 6) is -1.17. The van der Waals surface area contributed by atoms with E-state index in [0.717, 1.165) is 10.5 Å². The van der Waals surface area contributed by atoms with Crippen LogP contribution in [0, 0.1) is 10.1 Å². The summed E-state index contributed by atoms with van der Waals surface area (Å²) in [7, 11) is 0. The molecule has 11 heteroatoms. The number of anilines is 1. The van der Waals surface area contributed by atoms with Crippen molar-refractivity contribution in [3.8, 4) is 11.5 Å². The van der Waals surface area contributed by atoms with Crippen molar-refractivity contribution < 1.29 is 28.8 Å². The fraction of sp³-hybridized carbons (Fsp3) is 0.179. The van der Waals surface area contributed by atoms with E-state index >= 15 is 0 Å². The summed E-state index contributed by atoms with van der Waals surface area (Å²) in [5, 5.41) is 13.4. The lowest BCUT2D eigenvalue weighted by Crippen LogP contribution is -2.54. The van der Waals surface area contributed by atoms with Gasteiger partial charge in [-0.05, 0) is 54.3 Å². The summed E-state index contributed by atoms with van der Waals surface area (Å²) in [6.07, 6.45) is 1.90. The molecule has 1 N–H and O–H groups in total. The zero-order valence-electron chi connectivity index (χ0n) is 21.1. The van der Waals surface area contributed by atoms with Crippen LogP contribution in [0.2, 0.25) is 5.02 Å². The summed E-state index contributed by atoms with van der Waals surface area (Å²) < 4.78 is 11.5. The van der Waals surface area contributed by atoms with Crippen molar-refractivity contribution in [2.24, 2.45) is 0 Å². The number of nitro benzene ring substituents is 1. The van der Waals surface area contributed by atoms with Crippen LogP contribution in [0.1, 0.15) is 30.5 Å². The third-order valence-electron chi connectivity index (χ3n) is 5.86. The van der Waals surface area contributed by atoms with Crippen molar-refractivity contribution in [3.63, 3.8) is 0 Å². The molecule has 3 aromatic rings. The lowest BCUT2D eigenvalue weighted by Gasteiger charge is -2.28. The quantitative estimate of drug-likeness (QED) is 0.162. The lowest BCUT2D eigenvalue weighted by atomic mass is 10.0. The van der Waals surface area contributed by atoms with Gasteiger partial charge in [0.15, 0.2) is 11.5 Å². The number of nitrogens with zero attached hydrogens (tertiary/aromatic N) is 2. The molecule has 0 radical (unpaired) electrons. The van der Waals surface area contributed by atoms with Crippen molar-refractivity contribution in [2.75, 3.05) is 11.5 Å². The summed E-state index contributed by atoms with van der Waals surface area (Å²) in [6, 6.07) is 15.2. The first-order chi connectivity index (χ1) is 18.7. The van der Waals surface area contributed by atoms with Gasteiger partial charge in [-0.2, -0.15) is 0 Å². The summed E-state index contributed by atoms with van der Waals surface area (Å²) in [4.78, 5) is 50.1. The molecule has 10 nitrogen and oxygen atoms in total. The van der Waals surface area contributed by atoms with Crippen molar-refractivity contribution >= 4 is 46.9 Å². The monoisotopic (exact) mass is 549 g/mol. The number of imide groups is 2. The van der Waals surface area contributed by atoms with E-state index in [2.05, 4.69) is 5.32 Å². The Bertz CT molecular complexity index is 1500. The molecule has 39 heavy (non-hydrogen) atoms. The second kappa shape index (κ2) is 11.8. The predicted octanol–water partition coefficient (Wildman–Crippen LogP) is 5.45. The number of hydrogen-bond donors (Lipinski definition) is 1. The highest BCUT2D eigenvalue weighted by molar-refractivity contribution is 6.39. The number of ether oxygens (including phenoxy) is 2. The number of rotatable bonds is 9. The maximum absolute atomic E-state index is 13.4. The highest BCUT2D eigenvalue weighted by Gasteiger charge is 2.37. The average molecular weight is 550 g/mol. The molecule has 200 valence electrons. The van der Waals surface area contributed by atoms with E-state index in [0.29, 0.717) is 23.2 Å². The van der Waals surface area contributed by atoms with E-state index < -0.39 is 22.8 Å². The Labute approximate surface area is 228 Å². The SMILES string of the molecule is CCOc1cc(/C=C2/C(=O)NC(=O)N(c3ccccc3CC)C2=O)cc(Cl)c1OCc1cccc([N+](=O)[O-])c1. The van der Waals surface area contributed by atoms with Gasteiger partial charge in [-0.3, -0.25) is 25.0 Å². The van der Waals surface area contributed by atoms with E-state index in [1.54, 1.807) is 49.4 Å². The van der Waals surface area contributed by atoms with E-state index in [-0.39, 0.29) is 41.0 Å². The molecule has 0 atom stereocenters. The summed E-state index contributed by atoms with van der Waals surface area (Å²) in [5.41, 5.74) is 1.74. The van der Waals surface area contributed by atoms with Crippen LogP contribution in [-0.4, -0.2) is 29.4 Å². The minimum absolute atomic E-state index is 0.0172.